The molecule has 78 heavy (non-hydrogen) atoms. The van der Waals surface area contributed by atoms with Gasteiger partial charge in [-0.25, -0.2) is 4.98 Å². The summed E-state index contributed by atoms with van der Waals surface area (Å²) in [7, 11) is 0. The highest BCUT2D eigenvalue weighted by atomic mass is 16.3. The summed E-state index contributed by atoms with van der Waals surface area (Å²) in [5, 5.41) is 16.7. The molecule has 0 N–H and O–H groups in total. The molecule has 0 atom stereocenters. The number of oxazole rings is 1. The zero-order valence-corrected chi connectivity index (χ0v) is 42.3. The minimum absolute atomic E-state index is 0.605. The lowest BCUT2D eigenvalue weighted by atomic mass is 9.97. The molecule has 0 amide bonds. The minimum atomic E-state index is 0.605. The monoisotopic (exact) mass is 994 g/mol. The Morgan fingerprint density at radius 2 is 0.731 bits per heavy atom. The van der Waals surface area contributed by atoms with E-state index in [0.29, 0.717) is 5.89 Å². The fraction of sp³-hybridized carbons (Fsp3) is 0. The Balaban J connectivity index is 0.873. The van der Waals surface area contributed by atoms with Gasteiger partial charge in [-0.15, -0.1) is 0 Å². The molecule has 0 aliphatic heterocycles. The van der Waals surface area contributed by atoms with Crippen LogP contribution in [0.4, 0.5) is 34.1 Å². The van der Waals surface area contributed by atoms with Gasteiger partial charge in [0.15, 0.2) is 5.58 Å². The minimum Gasteiger partial charge on any atom is -0.436 e. The third kappa shape index (κ3) is 6.99. The Morgan fingerprint density at radius 3 is 1.35 bits per heavy atom. The highest BCUT2D eigenvalue weighted by Gasteiger charge is 2.23. The van der Waals surface area contributed by atoms with Crippen LogP contribution >= 0.6 is 0 Å². The van der Waals surface area contributed by atoms with E-state index < -0.39 is 0 Å². The van der Waals surface area contributed by atoms with Gasteiger partial charge in [0.1, 0.15) is 5.52 Å². The molecule has 14 aromatic carbocycles. The topological polar surface area (TPSA) is 37.4 Å². The first-order valence-electron chi connectivity index (χ1n) is 26.6. The summed E-state index contributed by atoms with van der Waals surface area (Å²) in [6, 6.07) is 101. The molecule has 0 unspecified atom stereocenters. The molecule has 0 radical (unpaired) electrons. The predicted molar refractivity (Wildman–Crippen MR) is 328 cm³/mol. The maximum atomic E-state index is 6.53. The fourth-order valence-electron chi connectivity index (χ4n) is 12.3. The van der Waals surface area contributed by atoms with Crippen LogP contribution in [0.1, 0.15) is 0 Å². The normalized spacial score (nSPS) is 11.8. The molecule has 16 aromatic rings. The van der Waals surface area contributed by atoms with Crippen LogP contribution in [-0.2, 0) is 0 Å². The van der Waals surface area contributed by atoms with Crippen LogP contribution in [0.5, 0.6) is 0 Å². The standard InChI is InChI=1S/C73H46N4O/c1-3-17-47(18-4-1)73-74-67-39-35-56(46-72(67)78-73)76(71-44-49-20-8-10-24-58(49)62-26-12-14-28-64(62)71)54-34-38-60-51(42-54)32-31-50-41-53(33-37-59(50)60)75(70-43-48-19-7-9-23-57(48)61-25-11-13-27-63(61)70)55-36-40-69-66(45-55)65-29-15-16-30-68(65)77(69)52-21-5-2-6-22-52/h1-46H. The summed E-state index contributed by atoms with van der Waals surface area (Å²) < 4.78 is 8.91. The van der Waals surface area contributed by atoms with Gasteiger partial charge >= 0.3 is 0 Å². The Labute approximate surface area is 449 Å². The Bertz CT molecular complexity index is 5060. The van der Waals surface area contributed by atoms with Crippen LogP contribution in [0.25, 0.3) is 115 Å². The van der Waals surface area contributed by atoms with E-state index in [2.05, 4.69) is 263 Å². The Morgan fingerprint density at radius 1 is 0.295 bits per heavy atom. The first-order chi connectivity index (χ1) is 38.7. The van der Waals surface area contributed by atoms with E-state index in [1.54, 1.807) is 0 Å². The second kappa shape index (κ2) is 17.6. The van der Waals surface area contributed by atoms with Crippen molar-refractivity contribution in [3.05, 3.63) is 279 Å². The van der Waals surface area contributed by atoms with Crippen molar-refractivity contribution in [2.24, 2.45) is 0 Å². The van der Waals surface area contributed by atoms with E-state index in [4.69, 9.17) is 9.40 Å². The van der Waals surface area contributed by atoms with E-state index in [9.17, 15) is 0 Å². The Kier molecular flexibility index (Phi) is 9.87. The van der Waals surface area contributed by atoms with Crippen LogP contribution in [0.15, 0.2) is 283 Å². The number of benzene rings is 14. The van der Waals surface area contributed by atoms with Gasteiger partial charge in [-0.05, 0) is 151 Å². The van der Waals surface area contributed by atoms with Gasteiger partial charge in [0.2, 0.25) is 5.89 Å². The number of para-hydroxylation sites is 2. The smallest absolute Gasteiger partial charge is 0.227 e. The Hall–Kier alpha value is -10.5. The molecule has 0 spiro atoms. The summed E-state index contributed by atoms with van der Waals surface area (Å²) in [4.78, 5) is 9.76. The summed E-state index contributed by atoms with van der Waals surface area (Å²) in [6.07, 6.45) is 0. The first kappa shape index (κ1) is 43.9. The third-order valence-electron chi connectivity index (χ3n) is 15.9. The molecule has 5 nitrogen and oxygen atoms in total. The summed E-state index contributed by atoms with van der Waals surface area (Å²) >= 11 is 0. The number of nitrogens with zero attached hydrogens (tertiary/aromatic N) is 4. The largest absolute Gasteiger partial charge is 0.436 e. The molecule has 0 bridgehead atoms. The molecule has 0 aliphatic carbocycles. The van der Waals surface area contributed by atoms with Gasteiger partial charge in [0.25, 0.3) is 0 Å². The molecule has 0 saturated heterocycles. The maximum absolute atomic E-state index is 6.53. The molecule has 2 aromatic heterocycles. The predicted octanol–water partition coefficient (Wildman–Crippen LogP) is 20.5. The first-order valence-corrected chi connectivity index (χ1v) is 26.6. The number of aromatic nitrogens is 2. The molecule has 0 saturated carbocycles. The quantitative estimate of drug-likeness (QED) is 0.142. The second-order valence-corrected chi connectivity index (χ2v) is 20.3. The average molecular weight is 995 g/mol. The van der Waals surface area contributed by atoms with Crippen molar-refractivity contribution >= 4 is 132 Å². The van der Waals surface area contributed by atoms with Crippen LogP contribution in [0.3, 0.4) is 0 Å². The van der Waals surface area contributed by atoms with Crippen LogP contribution in [0.2, 0.25) is 0 Å². The van der Waals surface area contributed by atoms with Gasteiger partial charge in [-0.1, -0.05) is 176 Å². The van der Waals surface area contributed by atoms with Gasteiger partial charge in [-0.3, -0.25) is 0 Å². The van der Waals surface area contributed by atoms with E-state index in [0.717, 1.165) is 72.6 Å². The van der Waals surface area contributed by atoms with Gasteiger partial charge < -0.3 is 18.8 Å². The molecular formula is C73H46N4O. The van der Waals surface area contributed by atoms with Gasteiger partial charge in [0, 0.05) is 55.9 Å². The van der Waals surface area contributed by atoms with E-state index in [1.807, 2.05) is 30.3 Å². The average Bonchev–Trinajstić information content (AvgIpc) is 4.20. The fourth-order valence-corrected chi connectivity index (χ4v) is 12.3. The summed E-state index contributed by atoms with van der Waals surface area (Å²) in [5.41, 5.74) is 12.4. The summed E-state index contributed by atoms with van der Waals surface area (Å²) in [5.74, 6) is 0.605. The number of fused-ring (bicyclic) bond motifs is 13. The number of rotatable bonds is 8. The van der Waals surface area contributed by atoms with Crippen molar-refractivity contribution in [3.63, 3.8) is 0 Å². The van der Waals surface area contributed by atoms with Crippen molar-refractivity contribution in [2.45, 2.75) is 0 Å². The molecule has 0 aliphatic rings. The van der Waals surface area contributed by atoms with Gasteiger partial charge in [0.05, 0.1) is 28.1 Å². The number of hydrogen-bond acceptors (Lipinski definition) is 4. The highest BCUT2D eigenvalue weighted by molar-refractivity contribution is 6.18. The lowest BCUT2D eigenvalue weighted by molar-refractivity contribution is 0.620. The van der Waals surface area contributed by atoms with E-state index in [-0.39, 0.29) is 0 Å². The zero-order valence-electron chi connectivity index (χ0n) is 42.3. The molecule has 0 fully saturated rings. The van der Waals surface area contributed by atoms with Crippen LogP contribution in [-0.4, -0.2) is 9.55 Å². The van der Waals surface area contributed by atoms with Crippen molar-refractivity contribution in [3.8, 4) is 17.1 Å². The molecular weight excluding hydrogens is 949 g/mol. The van der Waals surface area contributed by atoms with Crippen molar-refractivity contribution in [2.75, 3.05) is 9.80 Å². The SMILES string of the molecule is c1ccc(-c2nc3ccc(N(c4ccc5c(ccc6cc(N(c7ccc8c(c7)c7ccccc7n8-c7ccccc7)c7cc8ccccc8c8ccccc78)ccc65)c4)c4cc5ccccc5c5ccccc45)cc3o2)cc1. The van der Waals surface area contributed by atoms with Crippen molar-refractivity contribution < 1.29 is 4.42 Å². The molecule has 16 rings (SSSR count). The summed E-state index contributed by atoms with van der Waals surface area (Å²) in [6.45, 7) is 0. The van der Waals surface area contributed by atoms with Crippen LogP contribution < -0.4 is 9.80 Å². The molecule has 364 valence electrons. The number of hydrogen-bond donors (Lipinski definition) is 0. The van der Waals surface area contributed by atoms with Crippen molar-refractivity contribution in [1.82, 2.24) is 9.55 Å². The van der Waals surface area contributed by atoms with Crippen LogP contribution in [0, 0.1) is 0 Å². The van der Waals surface area contributed by atoms with E-state index in [1.165, 1.54) is 70.3 Å². The van der Waals surface area contributed by atoms with E-state index >= 15 is 0 Å². The maximum Gasteiger partial charge on any atom is 0.227 e. The highest BCUT2D eigenvalue weighted by Crippen LogP contribution is 2.47. The lowest BCUT2D eigenvalue weighted by Crippen LogP contribution is -2.11. The number of anilines is 6. The van der Waals surface area contributed by atoms with Gasteiger partial charge in [-0.2, -0.15) is 0 Å². The third-order valence-corrected chi connectivity index (χ3v) is 15.9. The second-order valence-electron chi connectivity index (χ2n) is 20.3. The molecule has 5 heteroatoms. The lowest BCUT2D eigenvalue weighted by Gasteiger charge is -2.28. The zero-order chi connectivity index (χ0) is 51.3. The molecule has 2 heterocycles. The van der Waals surface area contributed by atoms with Crippen molar-refractivity contribution in [1.29, 1.82) is 0 Å².